The van der Waals surface area contributed by atoms with Crippen LogP contribution in [0.1, 0.15) is 52.2 Å². The zero-order chi connectivity index (χ0) is 28.2. The SMILES string of the molecule is Cl.N#Cc1c(-c2cccc(C(=O)N[C@H]3CCCC[C@H]3N)c2)cc(-c2ccc(F)cc2O)nc1NC(=O)c1ccco1. The van der Waals surface area contributed by atoms with E-state index < -0.39 is 11.7 Å². The van der Waals surface area contributed by atoms with Gasteiger partial charge in [-0.25, -0.2) is 9.37 Å². The zero-order valence-electron chi connectivity index (χ0n) is 21.8. The number of furan rings is 1. The minimum absolute atomic E-state index is 0. The van der Waals surface area contributed by atoms with Crippen LogP contribution in [0.15, 0.2) is 71.3 Å². The zero-order valence-corrected chi connectivity index (χ0v) is 22.6. The fourth-order valence-corrected chi connectivity index (χ4v) is 4.83. The summed E-state index contributed by atoms with van der Waals surface area (Å²) in [5.41, 5.74) is 7.79. The number of phenols is 1. The second-order valence-corrected chi connectivity index (χ2v) is 9.59. The Morgan fingerprint density at radius 2 is 1.85 bits per heavy atom. The summed E-state index contributed by atoms with van der Waals surface area (Å²) < 4.78 is 18.9. The van der Waals surface area contributed by atoms with Gasteiger partial charge in [0.15, 0.2) is 11.6 Å². The molecule has 0 aliphatic heterocycles. The molecular weight excluding hydrogens is 549 g/mol. The van der Waals surface area contributed by atoms with Gasteiger partial charge in [-0.05, 0) is 60.9 Å². The quantitative estimate of drug-likeness (QED) is 0.240. The number of benzene rings is 2. The first-order valence-corrected chi connectivity index (χ1v) is 12.8. The fourth-order valence-electron chi connectivity index (χ4n) is 4.83. The topological polar surface area (TPSA) is 154 Å². The van der Waals surface area contributed by atoms with E-state index in [9.17, 15) is 24.3 Å². The molecule has 11 heteroatoms. The fraction of sp³-hybridized carbons (Fsp3) is 0.200. The second kappa shape index (κ2) is 12.6. The Morgan fingerprint density at radius 3 is 2.56 bits per heavy atom. The molecule has 0 saturated heterocycles. The van der Waals surface area contributed by atoms with Gasteiger partial charge in [-0.15, -0.1) is 12.4 Å². The van der Waals surface area contributed by atoms with Crippen LogP contribution < -0.4 is 16.4 Å². The first-order chi connectivity index (χ1) is 19.3. The molecule has 41 heavy (non-hydrogen) atoms. The Bertz CT molecular complexity index is 1620. The minimum atomic E-state index is -0.641. The average Bonchev–Trinajstić information content (AvgIpc) is 3.49. The third-order valence-electron chi connectivity index (χ3n) is 6.92. The van der Waals surface area contributed by atoms with E-state index in [-0.39, 0.29) is 64.5 Å². The van der Waals surface area contributed by atoms with Crippen LogP contribution in [0.4, 0.5) is 10.2 Å². The Morgan fingerprint density at radius 1 is 1.05 bits per heavy atom. The van der Waals surface area contributed by atoms with Crippen LogP contribution in [0.25, 0.3) is 22.4 Å². The normalized spacial score (nSPS) is 16.2. The van der Waals surface area contributed by atoms with E-state index in [4.69, 9.17) is 10.2 Å². The lowest BCUT2D eigenvalue weighted by atomic mass is 9.90. The maximum absolute atomic E-state index is 13.7. The number of phenolic OH excluding ortho intramolecular Hbond substituents is 1. The van der Waals surface area contributed by atoms with Crippen LogP contribution in [0, 0.1) is 17.1 Å². The summed E-state index contributed by atoms with van der Waals surface area (Å²) >= 11 is 0. The van der Waals surface area contributed by atoms with Crippen molar-refractivity contribution < 1.29 is 23.5 Å². The molecule has 2 atom stereocenters. The van der Waals surface area contributed by atoms with Gasteiger partial charge in [0.1, 0.15) is 23.2 Å². The molecule has 0 bridgehead atoms. The van der Waals surface area contributed by atoms with Crippen molar-refractivity contribution in [3.63, 3.8) is 0 Å². The van der Waals surface area contributed by atoms with Gasteiger partial charge >= 0.3 is 0 Å². The van der Waals surface area contributed by atoms with Crippen molar-refractivity contribution in [3.05, 3.63) is 89.6 Å². The molecule has 5 rings (SSSR count). The Balaban J connectivity index is 0.00000387. The molecule has 5 N–H and O–H groups in total. The smallest absolute Gasteiger partial charge is 0.292 e. The van der Waals surface area contributed by atoms with E-state index in [0.717, 1.165) is 37.8 Å². The van der Waals surface area contributed by atoms with Gasteiger partial charge in [-0.3, -0.25) is 9.59 Å². The molecule has 2 amide bonds. The lowest BCUT2D eigenvalue weighted by Crippen LogP contribution is -2.49. The first kappa shape index (κ1) is 29.3. The van der Waals surface area contributed by atoms with E-state index >= 15 is 0 Å². The maximum atomic E-state index is 13.7. The average molecular weight is 576 g/mol. The van der Waals surface area contributed by atoms with Crippen LogP contribution in [0.3, 0.4) is 0 Å². The molecule has 0 spiro atoms. The van der Waals surface area contributed by atoms with Crippen molar-refractivity contribution in [2.75, 3.05) is 5.32 Å². The highest BCUT2D eigenvalue weighted by Gasteiger charge is 2.25. The number of nitrogens with zero attached hydrogens (tertiary/aromatic N) is 2. The molecule has 210 valence electrons. The molecule has 2 heterocycles. The number of amides is 2. The lowest BCUT2D eigenvalue weighted by Gasteiger charge is -2.29. The third kappa shape index (κ3) is 6.38. The van der Waals surface area contributed by atoms with Crippen molar-refractivity contribution in [2.24, 2.45) is 5.73 Å². The Hall–Kier alpha value is -4.72. The molecule has 0 unspecified atom stereocenters. The van der Waals surface area contributed by atoms with Crippen molar-refractivity contribution in [3.8, 4) is 34.2 Å². The largest absolute Gasteiger partial charge is 0.507 e. The van der Waals surface area contributed by atoms with Crippen LogP contribution in [-0.2, 0) is 0 Å². The summed E-state index contributed by atoms with van der Waals surface area (Å²) in [4.78, 5) is 30.3. The van der Waals surface area contributed by atoms with Gasteiger partial charge in [0, 0.05) is 34.8 Å². The summed E-state index contributed by atoms with van der Waals surface area (Å²) in [6.45, 7) is 0. The second-order valence-electron chi connectivity index (χ2n) is 9.59. The number of nitrogens with two attached hydrogens (primary N) is 1. The van der Waals surface area contributed by atoms with Gasteiger partial charge in [0.05, 0.1) is 12.0 Å². The predicted octanol–water partition coefficient (Wildman–Crippen LogP) is 5.40. The van der Waals surface area contributed by atoms with Crippen molar-refractivity contribution in [1.82, 2.24) is 10.3 Å². The molecule has 1 aliphatic rings. The third-order valence-corrected chi connectivity index (χ3v) is 6.92. The summed E-state index contributed by atoms with van der Waals surface area (Å²) in [6.07, 6.45) is 5.01. The molecule has 1 saturated carbocycles. The Kier molecular flexibility index (Phi) is 9.02. The van der Waals surface area contributed by atoms with Crippen molar-refractivity contribution >= 4 is 30.0 Å². The number of pyridine rings is 1. The monoisotopic (exact) mass is 575 g/mol. The highest BCUT2D eigenvalue weighted by atomic mass is 35.5. The molecule has 1 aliphatic carbocycles. The summed E-state index contributed by atoms with van der Waals surface area (Å²) in [7, 11) is 0. The van der Waals surface area contributed by atoms with Crippen LogP contribution >= 0.6 is 12.4 Å². The number of hydrogen-bond donors (Lipinski definition) is 4. The number of hydrogen-bond acceptors (Lipinski definition) is 7. The van der Waals surface area contributed by atoms with Crippen LogP contribution in [0.2, 0.25) is 0 Å². The number of aromatic nitrogens is 1. The highest BCUT2D eigenvalue weighted by Crippen LogP contribution is 2.36. The molecular formula is C30H27ClFN5O4. The number of anilines is 1. The molecule has 4 aromatic rings. The lowest BCUT2D eigenvalue weighted by molar-refractivity contribution is 0.0920. The predicted molar refractivity (Wildman–Crippen MR) is 153 cm³/mol. The van der Waals surface area contributed by atoms with Gasteiger partial charge < -0.3 is 25.9 Å². The molecule has 0 radical (unpaired) electrons. The van der Waals surface area contributed by atoms with Crippen LogP contribution in [0.5, 0.6) is 5.75 Å². The standard InChI is InChI=1S/C30H26FN5O4.ClH/c31-19-10-11-20(26(37)14-19)25-15-21(22(16-32)28(34-25)36-30(39)27-9-4-12-40-27)17-5-3-6-18(13-17)29(38)35-24-8-2-1-7-23(24)33;/h3-6,9-15,23-24,37H,1-2,7-8,33H2,(H,35,38)(H,34,36,39);1H/t23-,24+;/m1./s1. The number of nitrogens with one attached hydrogen (secondary N) is 2. The number of nitriles is 1. The number of carbonyl (C=O) groups is 2. The Labute approximate surface area is 241 Å². The molecule has 2 aromatic carbocycles. The van der Waals surface area contributed by atoms with Gasteiger partial charge in [-0.1, -0.05) is 25.0 Å². The van der Waals surface area contributed by atoms with E-state index in [0.29, 0.717) is 16.7 Å². The minimum Gasteiger partial charge on any atom is -0.507 e. The molecule has 2 aromatic heterocycles. The van der Waals surface area contributed by atoms with Gasteiger partial charge in [0.25, 0.3) is 11.8 Å². The van der Waals surface area contributed by atoms with E-state index in [1.54, 1.807) is 36.4 Å². The number of halogens is 2. The van der Waals surface area contributed by atoms with Crippen molar-refractivity contribution in [2.45, 2.75) is 37.8 Å². The summed E-state index contributed by atoms with van der Waals surface area (Å²) in [6, 6.07) is 16.5. The van der Waals surface area contributed by atoms with E-state index in [2.05, 4.69) is 21.7 Å². The molecule has 9 nitrogen and oxygen atoms in total. The number of carbonyl (C=O) groups excluding carboxylic acids is 2. The number of rotatable bonds is 6. The van der Waals surface area contributed by atoms with E-state index in [1.807, 2.05) is 0 Å². The molecule has 1 fully saturated rings. The van der Waals surface area contributed by atoms with Crippen molar-refractivity contribution in [1.29, 1.82) is 5.26 Å². The van der Waals surface area contributed by atoms with Gasteiger partial charge in [0.2, 0.25) is 0 Å². The highest BCUT2D eigenvalue weighted by molar-refractivity contribution is 6.03. The van der Waals surface area contributed by atoms with Crippen LogP contribution in [-0.4, -0.2) is 34.0 Å². The first-order valence-electron chi connectivity index (χ1n) is 12.8. The van der Waals surface area contributed by atoms with E-state index in [1.165, 1.54) is 18.4 Å². The maximum Gasteiger partial charge on any atom is 0.292 e. The van der Waals surface area contributed by atoms with Gasteiger partial charge in [-0.2, -0.15) is 5.26 Å². The number of aromatic hydroxyl groups is 1. The summed E-state index contributed by atoms with van der Waals surface area (Å²) in [5.74, 6) is -2.04. The summed E-state index contributed by atoms with van der Waals surface area (Å²) in [5, 5.41) is 26.2.